The van der Waals surface area contributed by atoms with Gasteiger partial charge in [0.1, 0.15) is 9.84 Å². The maximum absolute atomic E-state index is 11.1. The Morgan fingerprint density at radius 2 is 2.06 bits per heavy atom. The van der Waals surface area contributed by atoms with E-state index in [1.54, 1.807) is 6.92 Å². The van der Waals surface area contributed by atoms with Crippen LogP contribution in [0.1, 0.15) is 17.4 Å². The van der Waals surface area contributed by atoms with Gasteiger partial charge in [0.2, 0.25) is 0 Å². The van der Waals surface area contributed by atoms with Crippen LogP contribution in [0.5, 0.6) is 0 Å². The molecule has 8 heteroatoms. The van der Waals surface area contributed by atoms with Crippen molar-refractivity contribution in [1.82, 2.24) is 9.97 Å². The Labute approximate surface area is 98.8 Å². The van der Waals surface area contributed by atoms with Gasteiger partial charge in [0.25, 0.3) is 0 Å². The summed E-state index contributed by atoms with van der Waals surface area (Å²) < 4.78 is 22.1. The summed E-state index contributed by atoms with van der Waals surface area (Å²) in [7, 11) is -3.13. The second-order valence-corrected chi connectivity index (χ2v) is 5.88. The highest BCUT2D eigenvalue weighted by atomic mass is 32.2. The Morgan fingerprint density at radius 3 is 2.59 bits per heavy atom. The summed E-state index contributed by atoms with van der Waals surface area (Å²) in [5.41, 5.74) is -0.229. The predicted octanol–water partition coefficient (Wildman–Crippen LogP) is 0.0198. The van der Waals surface area contributed by atoms with Crippen LogP contribution in [0.25, 0.3) is 0 Å². The summed E-state index contributed by atoms with van der Waals surface area (Å²) in [4.78, 5) is 18.3. The van der Waals surface area contributed by atoms with Gasteiger partial charge in [-0.05, 0) is 6.92 Å². The van der Waals surface area contributed by atoms with Crippen molar-refractivity contribution in [3.05, 3.63) is 18.1 Å². The van der Waals surface area contributed by atoms with E-state index >= 15 is 0 Å². The highest BCUT2D eigenvalue weighted by Gasteiger charge is 2.16. The van der Waals surface area contributed by atoms with Crippen LogP contribution >= 0.6 is 0 Å². The summed E-state index contributed by atoms with van der Waals surface area (Å²) in [6.45, 7) is 1.63. The molecule has 0 aliphatic carbocycles. The van der Waals surface area contributed by atoms with Gasteiger partial charge in [0.15, 0.2) is 11.5 Å². The highest BCUT2D eigenvalue weighted by Crippen LogP contribution is 2.10. The molecule has 0 bridgehead atoms. The lowest BCUT2D eigenvalue weighted by atomic mass is 10.3. The van der Waals surface area contributed by atoms with E-state index in [0.29, 0.717) is 0 Å². The van der Waals surface area contributed by atoms with Gasteiger partial charge in [-0.25, -0.2) is 23.2 Å². The molecule has 7 nitrogen and oxygen atoms in total. The van der Waals surface area contributed by atoms with Crippen molar-refractivity contribution in [3.63, 3.8) is 0 Å². The third-order valence-electron chi connectivity index (χ3n) is 1.84. The molecule has 0 aliphatic rings. The number of nitrogens with zero attached hydrogens (tertiary/aromatic N) is 2. The Hall–Kier alpha value is -1.70. The number of carbonyl (C=O) groups is 1. The summed E-state index contributed by atoms with van der Waals surface area (Å²) in [6, 6.07) is -0.445. The molecule has 0 radical (unpaired) electrons. The summed E-state index contributed by atoms with van der Waals surface area (Å²) in [5.74, 6) is -1.26. The van der Waals surface area contributed by atoms with Crippen molar-refractivity contribution in [2.45, 2.75) is 13.0 Å². The van der Waals surface area contributed by atoms with Crippen LogP contribution in [0.4, 0.5) is 5.82 Å². The minimum atomic E-state index is -3.13. The summed E-state index contributed by atoms with van der Waals surface area (Å²) in [5, 5.41) is 11.6. The van der Waals surface area contributed by atoms with Crippen molar-refractivity contribution >= 4 is 21.6 Å². The summed E-state index contributed by atoms with van der Waals surface area (Å²) in [6.07, 6.45) is 3.71. The smallest absolute Gasteiger partial charge is 0.358 e. The molecule has 0 aromatic carbocycles. The van der Waals surface area contributed by atoms with Crippen molar-refractivity contribution in [2.24, 2.45) is 0 Å². The minimum Gasteiger partial charge on any atom is -0.476 e. The Bertz CT molecular complexity index is 515. The van der Waals surface area contributed by atoms with Crippen molar-refractivity contribution in [3.8, 4) is 0 Å². The number of rotatable bonds is 5. The van der Waals surface area contributed by atoms with Crippen LogP contribution in [-0.4, -0.2) is 47.5 Å². The molecule has 1 unspecified atom stereocenters. The second-order valence-electron chi connectivity index (χ2n) is 3.70. The molecule has 0 saturated carbocycles. The zero-order valence-electron chi connectivity index (χ0n) is 9.41. The van der Waals surface area contributed by atoms with Gasteiger partial charge in [-0.1, -0.05) is 0 Å². The standard InChI is InChI=1S/C9H13N3O4S/c1-6(5-17(2,15)16)12-8-7(9(13)14)10-3-4-11-8/h3-4,6H,5H2,1-2H3,(H,11,12)(H,13,14). The van der Waals surface area contributed by atoms with Crippen LogP contribution in [0.2, 0.25) is 0 Å². The first kappa shape index (κ1) is 13.4. The number of hydrogen-bond donors (Lipinski definition) is 2. The van der Waals surface area contributed by atoms with E-state index in [1.165, 1.54) is 12.4 Å². The molecule has 2 N–H and O–H groups in total. The topological polar surface area (TPSA) is 109 Å². The average molecular weight is 259 g/mol. The number of anilines is 1. The first-order valence-electron chi connectivity index (χ1n) is 4.78. The van der Waals surface area contributed by atoms with Crippen LogP contribution in [-0.2, 0) is 9.84 Å². The van der Waals surface area contributed by atoms with E-state index in [-0.39, 0.29) is 17.3 Å². The lowest BCUT2D eigenvalue weighted by Gasteiger charge is -2.14. The lowest BCUT2D eigenvalue weighted by molar-refractivity contribution is 0.0691. The Morgan fingerprint density at radius 1 is 1.47 bits per heavy atom. The maximum Gasteiger partial charge on any atom is 0.358 e. The van der Waals surface area contributed by atoms with Gasteiger partial charge < -0.3 is 10.4 Å². The van der Waals surface area contributed by atoms with E-state index in [4.69, 9.17) is 5.11 Å². The predicted molar refractivity (Wildman–Crippen MR) is 61.8 cm³/mol. The first-order chi connectivity index (χ1) is 7.79. The van der Waals surface area contributed by atoms with E-state index < -0.39 is 21.8 Å². The Kier molecular flexibility index (Phi) is 4.00. The number of carboxylic acids is 1. The normalized spacial score (nSPS) is 13.1. The van der Waals surface area contributed by atoms with Gasteiger partial charge in [0.05, 0.1) is 5.75 Å². The number of sulfone groups is 1. The Balaban J connectivity index is 2.85. The number of aromatic nitrogens is 2. The van der Waals surface area contributed by atoms with Gasteiger partial charge in [-0.15, -0.1) is 0 Å². The SMILES string of the molecule is CC(CS(C)(=O)=O)Nc1nccnc1C(=O)O. The third-order valence-corrected chi connectivity index (χ3v) is 2.94. The van der Waals surface area contributed by atoms with Crippen molar-refractivity contribution < 1.29 is 18.3 Å². The van der Waals surface area contributed by atoms with Crippen molar-refractivity contribution in [1.29, 1.82) is 0 Å². The molecule has 1 rings (SSSR count). The van der Waals surface area contributed by atoms with Gasteiger partial charge in [-0.2, -0.15) is 0 Å². The molecule has 1 aromatic rings. The maximum atomic E-state index is 11.1. The molecule has 17 heavy (non-hydrogen) atoms. The molecule has 0 aliphatic heterocycles. The molecule has 0 fully saturated rings. The quantitative estimate of drug-likeness (QED) is 0.767. The second kappa shape index (κ2) is 5.09. The fourth-order valence-corrected chi connectivity index (χ4v) is 2.32. The van der Waals surface area contributed by atoms with E-state index in [1.807, 2.05) is 0 Å². The van der Waals surface area contributed by atoms with E-state index in [2.05, 4.69) is 15.3 Å². The lowest BCUT2D eigenvalue weighted by Crippen LogP contribution is -2.26. The fourth-order valence-electron chi connectivity index (χ4n) is 1.33. The molecule has 94 valence electrons. The fraction of sp³-hybridized carbons (Fsp3) is 0.444. The molecule has 1 atom stereocenters. The third kappa shape index (κ3) is 4.35. The average Bonchev–Trinajstić information content (AvgIpc) is 2.14. The largest absolute Gasteiger partial charge is 0.476 e. The molecule has 0 saturated heterocycles. The number of hydrogen-bond acceptors (Lipinski definition) is 6. The van der Waals surface area contributed by atoms with Crippen molar-refractivity contribution in [2.75, 3.05) is 17.3 Å². The van der Waals surface area contributed by atoms with Crippen LogP contribution in [0, 0.1) is 0 Å². The van der Waals surface area contributed by atoms with Crippen LogP contribution < -0.4 is 5.32 Å². The zero-order chi connectivity index (χ0) is 13.1. The van der Waals surface area contributed by atoms with E-state index in [9.17, 15) is 13.2 Å². The molecule has 1 aromatic heterocycles. The van der Waals surface area contributed by atoms with Gasteiger partial charge >= 0.3 is 5.97 Å². The number of nitrogens with one attached hydrogen (secondary N) is 1. The monoisotopic (exact) mass is 259 g/mol. The van der Waals surface area contributed by atoms with Crippen LogP contribution in [0.3, 0.4) is 0 Å². The molecular formula is C9H13N3O4S. The highest BCUT2D eigenvalue weighted by molar-refractivity contribution is 7.90. The zero-order valence-corrected chi connectivity index (χ0v) is 10.2. The molecule has 0 spiro atoms. The number of aromatic carboxylic acids is 1. The van der Waals surface area contributed by atoms with Gasteiger partial charge in [-0.3, -0.25) is 0 Å². The van der Waals surface area contributed by atoms with Gasteiger partial charge in [0, 0.05) is 24.7 Å². The molecule has 1 heterocycles. The molecule has 0 amide bonds. The minimum absolute atomic E-state index is 0.0659. The molecular weight excluding hydrogens is 246 g/mol. The summed E-state index contributed by atoms with van der Waals surface area (Å²) >= 11 is 0. The number of carboxylic acid groups (broad SMARTS) is 1. The van der Waals surface area contributed by atoms with Crippen LogP contribution in [0.15, 0.2) is 12.4 Å². The first-order valence-corrected chi connectivity index (χ1v) is 6.84. The van der Waals surface area contributed by atoms with E-state index in [0.717, 1.165) is 6.26 Å².